The van der Waals surface area contributed by atoms with Crippen molar-refractivity contribution in [2.24, 2.45) is 5.73 Å². The molecule has 0 aromatic heterocycles. The third-order valence-electron chi connectivity index (χ3n) is 8.90. The molecule has 0 amide bonds. The highest BCUT2D eigenvalue weighted by molar-refractivity contribution is 5.64. The predicted octanol–water partition coefficient (Wildman–Crippen LogP) is 5.41. The Morgan fingerprint density at radius 3 is 2.30 bits per heavy atom. The summed E-state index contributed by atoms with van der Waals surface area (Å²) in [6.45, 7) is 6.36. The van der Waals surface area contributed by atoms with E-state index >= 15 is 0 Å². The van der Waals surface area contributed by atoms with Crippen molar-refractivity contribution in [2.45, 2.75) is 69.8 Å². The first-order chi connectivity index (χ1) is 19.7. The molecule has 6 rings (SSSR count). The quantitative estimate of drug-likeness (QED) is 0.378. The van der Waals surface area contributed by atoms with E-state index in [1.54, 1.807) is 0 Å². The molecule has 3 aliphatic heterocycles. The lowest BCUT2D eigenvalue weighted by molar-refractivity contribution is -0.253. The highest BCUT2D eigenvalue weighted by Gasteiger charge is 2.36. The van der Waals surface area contributed by atoms with Gasteiger partial charge < -0.3 is 25.2 Å². The van der Waals surface area contributed by atoms with Gasteiger partial charge in [-0.25, -0.2) is 0 Å². The average Bonchev–Trinajstić information content (AvgIpc) is 3.69. The third-order valence-corrected chi connectivity index (χ3v) is 8.90. The molecule has 6 nitrogen and oxygen atoms in total. The van der Waals surface area contributed by atoms with Crippen molar-refractivity contribution >= 4 is 0 Å². The van der Waals surface area contributed by atoms with Crippen molar-refractivity contribution in [2.75, 3.05) is 32.7 Å². The number of rotatable bonds is 9. The number of hydrogen-bond acceptors (Lipinski definition) is 6. The van der Waals surface area contributed by atoms with Crippen LogP contribution in [0.1, 0.15) is 66.8 Å². The molecular weight excluding hydrogens is 498 g/mol. The van der Waals surface area contributed by atoms with Gasteiger partial charge in [-0.1, -0.05) is 66.7 Å². The van der Waals surface area contributed by atoms with E-state index in [2.05, 4.69) is 70.5 Å². The summed E-state index contributed by atoms with van der Waals surface area (Å²) < 4.78 is 13.3. The standard InChI is InChI=1S/C34H43N3O3/c35-21-26-5-3-6-30(19-26)27-12-14-29(15-13-27)34-39-32(20-33(40-34)28-10-8-25(24-38)9-11-28)23-37-18-4-7-31(37)22-36-16-1-2-17-36/h3,5-6,8-15,19,31-34,38H,1-2,4,7,16-18,20-24,35H2/t31-,32+,33-,34-/m0/s1. The zero-order valence-electron chi connectivity index (χ0n) is 23.5. The number of benzene rings is 3. The first kappa shape index (κ1) is 27.6. The van der Waals surface area contributed by atoms with Crippen LogP contribution in [-0.4, -0.2) is 59.8 Å². The molecule has 3 aliphatic rings. The van der Waals surface area contributed by atoms with E-state index in [9.17, 15) is 5.11 Å². The number of aliphatic hydroxyl groups is 1. The minimum atomic E-state index is -0.426. The van der Waals surface area contributed by atoms with Crippen LogP contribution in [0.25, 0.3) is 11.1 Å². The Hall–Kier alpha value is -2.58. The molecule has 212 valence electrons. The number of likely N-dealkylation sites (tertiary alicyclic amines) is 2. The minimum Gasteiger partial charge on any atom is -0.392 e. The minimum absolute atomic E-state index is 0.0497. The fraction of sp³-hybridized carbons (Fsp3) is 0.471. The molecule has 3 N–H and O–H groups in total. The fourth-order valence-corrected chi connectivity index (χ4v) is 6.61. The molecule has 0 bridgehead atoms. The van der Waals surface area contributed by atoms with Crippen LogP contribution in [0.5, 0.6) is 0 Å². The lowest BCUT2D eigenvalue weighted by Gasteiger charge is -2.39. The Balaban J connectivity index is 1.20. The molecule has 0 saturated carbocycles. The number of hydrogen-bond donors (Lipinski definition) is 2. The van der Waals surface area contributed by atoms with E-state index in [-0.39, 0.29) is 18.8 Å². The second-order valence-electron chi connectivity index (χ2n) is 11.7. The van der Waals surface area contributed by atoms with Crippen LogP contribution in [0, 0.1) is 0 Å². The maximum Gasteiger partial charge on any atom is 0.184 e. The van der Waals surface area contributed by atoms with Gasteiger partial charge in [-0.2, -0.15) is 0 Å². The summed E-state index contributed by atoms with van der Waals surface area (Å²) in [5.74, 6) is 0. The van der Waals surface area contributed by atoms with Gasteiger partial charge in [-0.05, 0) is 79.2 Å². The summed E-state index contributed by atoms with van der Waals surface area (Å²) in [5.41, 5.74) is 12.4. The van der Waals surface area contributed by atoms with Crippen LogP contribution in [0.2, 0.25) is 0 Å². The molecule has 3 saturated heterocycles. The number of nitrogens with zero attached hydrogens (tertiary/aromatic N) is 2. The van der Waals surface area contributed by atoms with Gasteiger partial charge >= 0.3 is 0 Å². The topological polar surface area (TPSA) is 71.2 Å². The summed E-state index contributed by atoms with van der Waals surface area (Å²) in [6, 6.07) is 25.8. The zero-order chi connectivity index (χ0) is 27.3. The van der Waals surface area contributed by atoms with Crippen LogP contribution < -0.4 is 5.73 Å². The van der Waals surface area contributed by atoms with E-state index in [1.807, 2.05) is 12.1 Å². The highest BCUT2D eigenvalue weighted by Crippen LogP contribution is 2.39. The molecule has 40 heavy (non-hydrogen) atoms. The summed E-state index contributed by atoms with van der Waals surface area (Å²) in [4.78, 5) is 5.32. The number of ether oxygens (including phenoxy) is 2. The SMILES string of the molecule is NCc1cccc(-c2ccc([C@H]3O[C@@H](CN4CCC[C@H]4CN4CCCC4)C[C@@H](c4ccc(CO)cc4)O3)cc2)c1. The number of aliphatic hydroxyl groups excluding tert-OH is 1. The third kappa shape index (κ3) is 6.49. The summed E-state index contributed by atoms with van der Waals surface area (Å²) in [6.07, 6.45) is 5.65. The number of nitrogens with two attached hydrogens (primary N) is 1. The monoisotopic (exact) mass is 541 g/mol. The van der Waals surface area contributed by atoms with Gasteiger partial charge in [0.15, 0.2) is 6.29 Å². The summed E-state index contributed by atoms with van der Waals surface area (Å²) in [5, 5.41) is 9.53. The van der Waals surface area contributed by atoms with Crippen LogP contribution >= 0.6 is 0 Å². The molecule has 4 atom stereocenters. The molecule has 3 aromatic carbocycles. The van der Waals surface area contributed by atoms with Crippen LogP contribution in [0.3, 0.4) is 0 Å². The highest BCUT2D eigenvalue weighted by atomic mass is 16.7. The lowest BCUT2D eigenvalue weighted by Crippen LogP contribution is -2.45. The second kappa shape index (κ2) is 12.9. The van der Waals surface area contributed by atoms with Crippen molar-refractivity contribution in [1.29, 1.82) is 0 Å². The molecule has 0 aliphatic carbocycles. The smallest absolute Gasteiger partial charge is 0.184 e. The van der Waals surface area contributed by atoms with Gasteiger partial charge in [0.05, 0.1) is 18.8 Å². The van der Waals surface area contributed by atoms with Crippen LogP contribution in [-0.2, 0) is 22.6 Å². The Labute approximate surface area is 238 Å². The molecule has 6 heteroatoms. The van der Waals surface area contributed by atoms with Crippen LogP contribution in [0.4, 0.5) is 0 Å². The fourth-order valence-electron chi connectivity index (χ4n) is 6.61. The van der Waals surface area contributed by atoms with Crippen molar-refractivity contribution in [3.8, 4) is 11.1 Å². The first-order valence-electron chi connectivity index (χ1n) is 15.0. The van der Waals surface area contributed by atoms with Crippen molar-refractivity contribution in [3.05, 3.63) is 95.1 Å². The maximum atomic E-state index is 9.53. The molecule has 3 aromatic rings. The van der Waals surface area contributed by atoms with E-state index in [0.717, 1.165) is 52.9 Å². The summed E-state index contributed by atoms with van der Waals surface area (Å²) >= 11 is 0. The van der Waals surface area contributed by atoms with Gasteiger partial charge in [0, 0.05) is 37.7 Å². The van der Waals surface area contributed by atoms with Crippen molar-refractivity contribution in [3.63, 3.8) is 0 Å². The van der Waals surface area contributed by atoms with Crippen LogP contribution in [0.15, 0.2) is 72.8 Å². The largest absolute Gasteiger partial charge is 0.392 e. The zero-order valence-corrected chi connectivity index (χ0v) is 23.5. The molecule has 0 unspecified atom stereocenters. The molecule has 0 radical (unpaired) electrons. The van der Waals surface area contributed by atoms with Crippen molar-refractivity contribution < 1.29 is 14.6 Å². The summed E-state index contributed by atoms with van der Waals surface area (Å²) in [7, 11) is 0. The van der Waals surface area contributed by atoms with E-state index < -0.39 is 6.29 Å². The molecular formula is C34H43N3O3. The Kier molecular flexibility index (Phi) is 8.92. The van der Waals surface area contributed by atoms with E-state index in [1.165, 1.54) is 45.3 Å². The van der Waals surface area contributed by atoms with Gasteiger partial charge in [-0.3, -0.25) is 4.90 Å². The average molecular weight is 542 g/mol. The Morgan fingerprint density at radius 1 is 0.775 bits per heavy atom. The predicted molar refractivity (Wildman–Crippen MR) is 158 cm³/mol. The second-order valence-corrected chi connectivity index (χ2v) is 11.7. The van der Waals surface area contributed by atoms with Gasteiger partial charge in [0.25, 0.3) is 0 Å². The van der Waals surface area contributed by atoms with Gasteiger partial charge in [0.1, 0.15) is 0 Å². The Bertz CT molecular complexity index is 1230. The van der Waals surface area contributed by atoms with Crippen molar-refractivity contribution in [1.82, 2.24) is 9.80 Å². The normalized spacial score (nSPS) is 25.9. The lowest BCUT2D eigenvalue weighted by atomic mass is 9.98. The van der Waals surface area contributed by atoms with E-state index in [0.29, 0.717) is 12.6 Å². The maximum absolute atomic E-state index is 9.53. The Morgan fingerprint density at radius 2 is 1.55 bits per heavy atom. The van der Waals surface area contributed by atoms with Gasteiger partial charge in [-0.15, -0.1) is 0 Å². The molecule has 3 fully saturated rings. The molecule has 3 heterocycles. The van der Waals surface area contributed by atoms with Gasteiger partial charge in [0.2, 0.25) is 0 Å². The molecule has 0 spiro atoms. The van der Waals surface area contributed by atoms with E-state index in [4.69, 9.17) is 15.2 Å². The first-order valence-corrected chi connectivity index (χ1v) is 15.0.